The fourth-order valence-corrected chi connectivity index (χ4v) is 3.19. The lowest BCUT2D eigenvalue weighted by atomic mass is 10.0. The number of hydrogen-bond donors (Lipinski definition) is 1. The van der Waals surface area contributed by atoms with Gasteiger partial charge in [-0.25, -0.2) is 0 Å². The van der Waals surface area contributed by atoms with Gasteiger partial charge in [-0.05, 0) is 17.5 Å². The summed E-state index contributed by atoms with van der Waals surface area (Å²) in [5.74, 6) is 0.312. The van der Waals surface area contributed by atoms with E-state index < -0.39 is 10.2 Å². The molecule has 0 atom stereocenters. The molecule has 1 heterocycles. The highest BCUT2D eigenvalue weighted by Crippen LogP contribution is 2.29. The van der Waals surface area contributed by atoms with E-state index >= 15 is 0 Å². The van der Waals surface area contributed by atoms with E-state index in [2.05, 4.69) is 18.6 Å². The molecule has 4 nitrogen and oxygen atoms in total. The van der Waals surface area contributed by atoms with Crippen molar-refractivity contribution >= 4 is 15.9 Å². The summed E-state index contributed by atoms with van der Waals surface area (Å²) in [4.78, 5) is 0. The molecule has 88 valence electrons. The fourth-order valence-electron chi connectivity index (χ4n) is 1.93. The van der Waals surface area contributed by atoms with Crippen molar-refractivity contribution in [1.29, 1.82) is 0 Å². The SMILES string of the molecule is CC(C)c1ccccc1N1CCNS1(=O)=O. The standard InChI is InChI=1S/C11H16N2O2S/c1-9(2)10-5-3-4-6-11(10)13-8-7-12-16(13,14)15/h3-6,9,12H,7-8H2,1-2H3. The Balaban J connectivity index is 2.48. The topological polar surface area (TPSA) is 49.4 Å². The van der Waals surface area contributed by atoms with Crippen LogP contribution in [0.1, 0.15) is 25.3 Å². The molecule has 16 heavy (non-hydrogen) atoms. The summed E-state index contributed by atoms with van der Waals surface area (Å²) in [6, 6.07) is 7.65. The highest BCUT2D eigenvalue weighted by molar-refractivity contribution is 7.91. The van der Waals surface area contributed by atoms with Gasteiger partial charge in [0.2, 0.25) is 0 Å². The van der Waals surface area contributed by atoms with E-state index in [9.17, 15) is 8.42 Å². The first kappa shape index (κ1) is 11.4. The van der Waals surface area contributed by atoms with Crippen LogP contribution in [0.5, 0.6) is 0 Å². The second-order valence-electron chi connectivity index (χ2n) is 4.19. The maximum absolute atomic E-state index is 11.8. The quantitative estimate of drug-likeness (QED) is 0.851. The van der Waals surface area contributed by atoms with Gasteiger partial charge in [0.25, 0.3) is 0 Å². The molecular weight excluding hydrogens is 224 g/mol. The first-order chi connectivity index (χ1) is 7.52. The highest BCUT2D eigenvalue weighted by atomic mass is 32.2. The highest BCUT2D eigenvalue weighted by Gasteiger charge is 2.29. The summed E-state index contributed by atoms with van der Waals surface area (Å²) in [5, 5.41) is 0. The number of nitrogens with zero attached hydrogens (tertiary/aromatic N) is 1. The van der Waals surface area contributed by atoms with Gasteiger partial charge >= 0.3 is 10.2 Å². The molecule has 0 spiro atoms. The maximum atomic E-state index is 11.8. The normalized spacial score (nSPS) is 19.3. The Morgan fingerprint density at radius 1 is 1.31 bits per heavy atom. The van der Waals surface area contributed by atoms with Gasteiger partial charge in [-0.2, -0.15) is 13.1 Å². The monoisotopic (exact) mass is 240 g/mol. The average molecular weight is 240 g/mol. The van der Waals surface area contributed by atoms with Crippen LogP contribution < -0.4 is 9.03 Å². The van der Waals surface area contributed by atoms with Crippen LogP contribution in [0.25, 0.3) is 0 Å². The van der Waals surface area contributed by atoms with Crippen LogP contribution >= 0.6 is 0 Å². The van der Waals surface area contributed by atoms with Gasteiger partial charge in [0.1, 0.15) is 0 Å². The molecular formula is C11H16N2O2S. The van der Waals surface area contributed by atoms with Crippen LogP contribution in [0.2, 0.25) is 0 Å². The third kappa shape index (κ3) is 1.92. The summed E-state index contributed by atoms with van der Waals surface area (Å²) in [5.41, 5.74) is 1.86. The van der Waals surface area contributed by atoms with Crippen molar-refractivity contribution in [2.75, 3.05) is 17.4 Å². The third-order valence-electron chi connectivity index (χ3n) is 2.72. The van der Waals surface area contributed by atoms with Gasteiger partial charge in [-0.1, -0.05) is 32.0 Å². The fraction of sp³-hybridized carbons (Fsp3) is 0.455. The van der Waals surface area contributed by atoms with Gasteiger partial charge in [0.05, 0.1) is 5.69 Å². The number of hydrogen-bond acceptors (Lipinski definition) is 2. The Hall–Kier alpha value is -1.07. The minimum atomic E-state index is -3.31. The van der Waals surface area contributed by atoms with Crippen LogP contribution in [0.4, 0.5) is 5.69 Å². The summed E-state index contributed by atoms with van der Waals surface area (Å²) in [6.07, 6.45) is 0. The molecule has 0 radical (unpaired) electrons. The van der Waals surface area contributed by atoms with Crippen molar-refractivity contribution in [3.8, 4) is 0 Å². The lowest BCUT2D eigenvalue weighted by Crippen LogP contribution is -2.30. The molecule has 5 heteroatoms. The van der Waals surface area contributed by atoms with E-state index in [-0.39, 0.29) is 0 Å². The van der Waals surface area contributed by atoms with E-state index in [0.717, 1.165) is 11.3 Å². The van der Waals surface area contributed by atoms with E-state index in [1.54, 1.807) is 0 Å². The van der Waals surface area contributed by atoms with Gasteiger partial charge in [0, 0.05) is 13.1 Å². The number of nitrogens with one attached hydrogen (secondary N) is 1. The molecule has 0 amide bonds. The molecule has 1 aromatic carbocycles. The van der Waals surface area contributed by atoms with Gasteiger partial charge in [0.15, 0.2) is 0 Å². The summed E-state index contributed by atoms with van der Waals surface area (Å²) >= 11 is 0. The van der Waals surface area contributed by atoms with Gasteiger partial charge in [-0.3, -0.25) is 4.31 Å². The molecule has 1 aromatic rings. The largest absolute Gasteiger partial charge is 0.301 e. The minimum absolute atomic E-state index is 0.312. The van der Waals surface area contributed by atoms with Crippen molar-refractivity contribution in [2.24, 2.45) is 0 Å². The zero-order valence-corrected chi connectivity index (χ0v) is 10.3. The average Bonchev–Trinajstić information content (AvgIpc) is 2.58. The number of para-hydroxylation sites is 1. The zero-order chi connectivity index (χ0) is 11.8. The lowest BCUT2D eigenvalue weighted by Gasteiger charge is -2.21. The van der Waals surface area contributed by atoms with Crippen LogP contribution in [0, 0.1) is 0 Å². The first-order valence-corrected chi connectivity index (χ1v) is 6.82. The predicted octanol–water partition coefficient (Wildman–Crippen LogP) is 1.46. The lowest BCUT2D eigenvalue weighted by molar-refractivity contribution is 0.591. The molecule has 1 aliphatic rings. The van der Waals surface area contributed by atoms with Gasteiger partial charge in [-0.15, -0.1) is 0 Å². The number of rotatable bonds is 2. The third-order valence-corrected chi connectivity index (χ3v) is 4.25. The van der Waals surface area contributed by atoms with Crippen LogP contribution in [-0.4, -0.2) is 21.5 Å². The summed E-state index contributed by atoms with van der Waals surface area (Å²) in [6.45, 7) is 5.12. The maximum Gasteiger partial charge on any atom is 0.301 e. The Morgan fingerprint density at radius 2 is 2.00 bits per heavy atom. The van der Waals surface area contributed by atoms with E-state index in [0.29, 0.717) is 19.0 Å². The Kier molecular flexibility index (Phi) is 2.90. The first-order valence-electron chi connectivity index (χ1n) is 5.38. The second-order valence-corrected chi connectivity index (χ2v) is 5.86. The second kappa shape index (κ2) is 4.07. The van der Waals surface area contributed by atoms with Crippen molar-refractivity contribution in [2.45, 2.75) is 19.8 Å². The van der Waals surface area contributed by atoms with E-state index in [4.69, 9.17) is 0 Å². The van der Waals surface area contributed by atoms with Crippen molar-refractivity contribution in [3.05, 3.63) is 29.8 Å². The Bertz CT molecular complexity index is 483. The molecule has 0 saturated carbocycles. The molecule has 1 saturated heterocycles. The number of anilines is 1. The molecule has 0 aromatic heterocycles. The van der Waals surface area contributed by atoms with Crippen LogP contribution in [0.15, 0.2) is 24.3 Å². The van der Waals surface area contributed by atoms with Crippen molar-refractivity contribution < 1.29 is 8.42 Å². The summed E-state index contributed by atoms with van der Waals surface area (Å²) in [7, 11) is -3.31. The van der Waals surface area contributed by atoms with Crippen LogP contribution in [0.3, 0.4) is 0 Å². The smallest absolute Gasteiger partial charge is 0.256 e. The minimum Gasteiger partial charge on any atom is -0.256 e. The molecule has 1 aliphatic heterocycles. The zero-order valence-electron chi connectivity index (χ0n) is 9.47. The van der Waals surface area contributed by atoms with Crippen molar-refractivity contribution in [1.82, 2.24) is 4.72 Å². The Labute approximate surface area is 96.5 Å². The van der Waals surface area contributed by atoms with E-state index in [1.165, 1.54) is 4.31 Å². The molecule has 0 bridgehead atoms. The van der Waals surface area contributed by atoms with Gasteiger partial charge < -0.3 is 0 Å². The Morgan fingerprint density at radius 3 is 2.56 bits per heavy atom. The molecule has 2 rings (SSSR count). The van der Waals surface area contributed by atoms with Crippen molar-refractivity contribution in [3.63, 3.8) is 0 Å². The summed E-state index contributed by atoms with van der Waals surface area (Å²) < 4.78 is 27.5. The van der Waals surface area contributed by atoms with E-state index in [1.807, 2.05) is 24.3 Å². The molecule has 1 fully saturated rings. The number of benzene rings is 1. The predicted molar refractivity (Wildman–Crippen MR) is 64.8 cm³/mol. The van der Waals surface area contributed by atoms with Crippen LogP contribution in [-0.2, 0) is 10.2 Å². The molecule has 0 aliphatic carbocycles. The molecule has 0 unspecified atom stereocenters. The molecule has 1 N–H and O–H groups in total.